The Hall–Kier alpha value is -2.93. The predicted octanol–water partition coefficient (Wildman–Crippen LogP) is 1.68. The van der Waals surface area contributed by atoms with Gasteiger partial charge in [0, 0.05) is 24.3 Å². The average Bonchev–Trinajstić information content (AvgIpc) is 3.15. The van der Waals surface area contributed by atoms with Crippen LogP contribution in [0.1, 0.15) is 35.5 Å². The van der Waals surface area contributed by atoms with Crippen molar-refractivity contribution in [1.82, 2.24) is 14.6 Å². The molecule has 2 aromatic heterocycles. The van der Waals surface area contributed by atoms with Crippen LogP contribution < -0.4 is 11.3 Å². The van der Waals surface area contributed by atoms with Gasteiger partial charge in [-0.15, -0.1) is 20.7 Å². The molecular formula is C20H20N4O6S2. The smallest absolute Gasteiger partial charge is 0.318 e. The van der Waals surface area contributed by atoms with Gasteiger partial charge in [-0.1, -0.05) is 6.07 Å². The Morgan fingerprint density at radius 1 is 1.12 bits per heavy atom. The maximum Gasteiger partial charge on any atom is 0.318 e. The van der Waals surface area contributed by atoms with Crippen molar-refractivity contribution in [3.05, 3.63) is 50.9 Å². The van der Waals surface area contributed by atoms with Gasteiger partial charge in [0.25, 0.3) is 17.4 Å². The van der Waals surface area contributed by atoms with Crippen LogP contribution in [-0.4, -0.2) is 34.8 Å². The van der Waals surface area contributed by atoms with Gasteiger partial charge in [-0.2, -0.15) is 8.42 Å². The maximum atomic E-state index is 13.2. The summed E-state index contributed by atoms with van der Waals surface area (Å²) in [6.07, 6.45) is 0.386. The number of amides is 2. The molecule has 10 nitrogen and oxygen atoms in total. The summed E-state index contributed by atoms with van der Waals surface area (Å²) in [5.41, 5.74) is 6.78. The fraction of sp³-hybridized carbons (Fsp3) is 0.300. The first-order valence-electron chi connectivity index (χ1n) is 9.76. The van der Waals surface area contributed by atoms with Crippen LogP contribution in [0.2, 0.25) is 0 Å². The van der Waals surface area contributed by atoms with Crippen molar-refractivity contribution < 1.29 is 22.3 Å². The number of imide groups is 1. The summed E-state index contributed by atoms with van der Waals surface area (Å²) in [5, 5.41) is 0.295. The molecule has 12 heteroatoms. The van der Waals surface area contributed by atoms with Crippen LogP contribution in [-0.2, 0) is 30.5 Å². The lowest BCUT2D eigenvalue weighted by Gasteiger charge is -2.23. The summed E-state index contributed by atoms with van der Waals surface area (Å²) in [5.74, 6) is -1.07. The van der Waals surface area contributed by atoms with Gasteiger partial charge < -0.3 is 5.73 Å². The first kappa shape index (κ1) is 22.3. The van der Waals surface area contributed by atoms with Crippen LogP contribution in [0.25, 0.3) is 15.9 Å². The molecular weight excluding hydrogens is 456 g/mol. The van der Waals surface area contributed by atoms with Crippen LogP contribution >= 0.6 is 11.3 Å². The minimum atomic E-state index is -4.51. The van der Waals surface area contributed by atoms with Gasteiger partial charge >= 0.3 is 10.1 Å². The second-order valence-electron chi connectivity index (χ2n) is 7.34. The number of thiophene rings is 1. The number of hydroxylamine groups is 2. The number of benzene rings is 1. The van der Waals surface area contributed by atoms with Crippen molar-refractivity contribution in [3.8, 4) is 5.69 Å². The molecule has 0 saturated carbocycles. The van der Waals surface area contributed by atoms with Crippen molar-refractivity contribution in [2.45, 2.75) is 44.6 Å². The summed E-state index contributed by atoms with van der Waals surface area (Å²) < 4.78 is 32.2. The zero-order valence-corrected chi connectivity index (χ0v) is 19.0. The number of nitrogens with zero attached hydrogens (tertiary/aromatic N) is 3. The molecule has 0 spiro atoms. The number of aryl methyl sites for hydroxylation is 2. The highest BCUT2D eigenvalue weighted by atomic mass is 32.2. The number of piperidine rings is 1. The molecule has 32 heavy (non-hydrogen) atoms. The van der Waals surface area contributed by atoms with Crippen LogP contribution in [0.3, 0.4) is 0 Å². The number of fused-ring (bicyclic) bond motifs is 1. The summed E-state index contributed by atoms with van der Waals surface area (Å²) in [4.78, 5) is 42.1. The molecule has 0 radical (unpaired) electrons. The van der Waals surface area contributed by atoms with Crippen molar-refractivity contribution in [1.29, 1.82) is 0 Å². The molecule has 1 aromatic carbocycles. The van der Waals surface area contributed by atoms with Crippen LogP contribution in [0.15, 0.2) is 34.0 Å². The highest BCUT2D eigenvalue weighted by molar-refractivity contribution is 7.86. The number of aromatic nitrogens is 2. The fourth-order valence-electron chi connectivity index (χ4n) is 3.47. The average molecular weight is 477 g/mol. The van der Waals surface area contributed by atoms with Crippen LogP contribution in [0, 0.1) is 13.8 Å². The Morgan fingerprint density at radius 2 is 1.81 bits per heavy atom. The van der Waals surface area contributed by atoms with Gasteiger partial charge in [0.2, 0.25) is 0 Å². The van der Waals surface area contributed by atoms with E-state index in [4.69, 9.17) is 10.0 Å². The fourth-order valence-corrected chi connectivity index (χ4v) is 5.31. The van der Waals surface area contributed by atoms with E-state index >= 15 is 0 Å². The summed E-state index contributed by atoms with van der Waals surface area (Å²) in [6.45, 7) is 3.64. The SMILES string of the molecule is Cc1ccc(S(=O)(=O)ON2C(=O)CCCC2=O)cc1-n1c(C)nc2cc(CN)sc2c1=O. The van der Waals surface area contributed by atoms with Crippen molar-refractivity contribution >= 4 is 43.5 Å². The van der Waals surface area contributed by atoms with E-state index in [-0.39, 0.29) is 29.8 Å². The van der Waals surface area contributed by atoms with E-state index in [0.717, 1.165) is 4.88 Å². The molecule has 0 unspecified atom stereocenters. The van der Waals surface area contributed by atoms with E-state index < -0.39 is 21.9 Å². The quantitative estimate of drug-likeness (QED) is 0.548. The molecule has 1 fully saturated rings. The van der Waals surface area contributed by atoms with Crippen molar-refractivity contribution in [3.63, 3.8) is 0 Å². The van der Waals surface area contributed by atoms with Crippen molar-refractivity contribution in [2.24, 2.45) is 5.73 Å². The van der Waals surface area contributed by atoms with Crippen molar-refractivity contribution in [2.75, 3.05) is 0 Å². The van der Waals surface area contributed by atoms with E-state index in [0.29, 0.717) is 38.8 Å². The Kier molecular flexibility index (Phi) is 5.71. The Labute approximate surface area is 187 Å². The third-order valence-corrected chi connectivity index (χ3v) is 7.40. The van der Waals surface area contributed by atoms with Gasteiger partial charge in [-0.25, -0.2) is 4.98 Å². The summed E-state index contributed by atoms with van der Waals surface area (Å²) >= 11 is 1.24. The predicted molar refractivity (Wildman–Crippen MR) is 117 cm³/mol. The Bertz CT molecular complexity index is 1410. The lowest BCUT2D eigenvalue weighted by molar-refractivity contribution is -0.175. The molecule has 1 aliphatic rings. The number of hydrogen-bond donors (Lipinski definition) is 1. The first-order valence-corrected chi connectivity index (χ1v) is 12.0. The number of carbonyl (C=O) groups excluding carboxylic acids is 2. The molecule has 2 N–H and O–H groups in total. The van der Waals surface area contributed by atoms with Gasteiger partial charge in [0.15, 0.2) is 0 Å². The van der Waals surface area contributed by atoms with Crippen LogP contribution in [0.4, 0.5) is 0 Å². The molecule has 168 valence electrons. The minimum absolute atomic E-state index is 0.0201. The second kappa shape index (κ2) is 8.20. The molecule has 0 aliphatic carbocycles. The highest BCUT2D eigenvalue weighted by Gasteiger charge is 2.33. The van der Waals surface area contributed by atoms with Gasteiger partial charge in [-0.3, -0.25) is 19.0 Å². The van der Waals surface area contributed by atoms with Crippen LogP contribution in [0.5, 0.6) is 0 Å². The zero-order chi connectivity index (χ0) is 23.2. The standard InChI is InChI=1S/C20H20N4O6S2/c1-11-6-7-14(32(28,29)30-24-17(25)4-3-5-18(24)26)9-16(11)23-12(2)22-15-8-13(10-21)31-19(15)20(23)27/h6-9H,3-5,10,21H2,1-2H3. The third-order valence-electron chi connectivity index (χ3n) is 5.09. The van der Waals surface area contributed by atoms with E-state index in [1.807, 2.05) is 0 Å². The normalized spacial score (nSPS) is 15.0. The highest BCUT2D eigenvalue weighted by Crippen LogP contribution is 2.26. The van der Waals surface area contributed by atoms with E-state index in [1.165, 1.54) is 34.1 Å². The molecule has 3 heterocycles. The summed E-state index contributed by atoms with van der Waals surface area (Å²) in [6, 6.07) is 5.83. The molecule has 3 aromatic rings. The Balaban J connectivity index is 1.81. The molecule has 1 saturated heterocycles. The number of rotatable bonds is 5. The van der Waals surface area contributed by atoms with Gasteiger partial charge in [-0.05, 0) is 44.0 Å². The topological polar surface area (TPSA) is 142 Å². The largest absolute Gasteiger partial charge is 0.326 e. The lowest BCUT2D eigenvalue weighted by Crippen LogP contribution is -2.41. The number of nitrogens with two attached hydrogens (primary N) is 1. The van der Waals surface area contributed by atoms with E-state index in [2.05, 4.69) is 4.98 Å². The molecule has 2 amide bonds. The second-order valence-corrected chi connectivity index (χ2v) is 10.0. The first-order chi connectivity index (χ1) is 15.1. The third kappa shape index (κ3) is 3.86. The molecule has 0 atom stereocenters. The molecule has 4 rings (SSSR count). The molecule has 0 bridgehead atoms. The maximum absolute atomic E-state index is 13.2. The van der Waals surface area contributed by atoms with Gasteiger partial charge in [0.05, 0.1) is 16.1 Å². The summed E-state index contributed by atoms with van der Waals surface area (Å²) in [7, 11) is -4.51. The van der Waals surface area contributed by atoms with Gasteiger partial charge in [0.1, 0.15) is 10.5 Å². The number of hydrogen-bond acceptors (Lipinski definition) is 9. The monoisotopic (exact) mass is 476 g/mol. The van der Waals surface area contributed by atoms with E-state index in [9.17, 15) is 22.8 Å². The zero-order valence-electron chi connectivity index (χ0n) is 17.3. The Morgan fingerprint density at radius 3 is 2.47 bits per heavy atom. The number of carbonyl (C=O) groups is 2. The lowest BCUT2D eigenvalue weighted by atomic mass is 10.1. The molecule has 1 aliphatic heterocycles. The van der Waals surface area contributed by atoms with E-state index in [1.54, 1.807) is 19.9 Å². The minimum Gasteiger partial charge on any atom is -0.326 e.